The van der Waals surface area contributed by atoms with Crippen LogP contribution < -0.4 is 0 Å². The van der Waals surface area contributed by atoms with Gasteiger partial charge in [0.25, 0.3) is 5.91 Å². The first kappa shape index (κ1) is 13.5. The maximum absolute atomic E-state index is 12.1. The molecule has 0 spiro atoms. The van der Waals surface area contributed by atoms with Crippen molar-refractivity contribution in [2.24, 2.45) is 0 Å². The van der Waals surface area contributed by atoms with Crippen LogP contribution in [-0.4, -0.2) is 40.7 Å². The van der Waals surface area contributed by atoms with Gasteiger partial charge in [0.2, 0.25) is 0 Å². The van der Waals surface area contributed by atoms with Gasteiger partial charge in [-0.1, -0.05) is 6.07 Å². The molecular weight excluding hydrogens is 218 g/mol. The summed E-state index contributed by atoms with van der Waals surface area (Å²) in [6.45, 7) is 4.87. The number of aromatic hydroxyl groups is 1. The number of aliphatic hydroxyl groups is 1. The first-order chi connectivity index (χ1) is 8.10. The summed E-state index contributed by atoms with van der Waals surface area (Å²) < 4.78 is 0. The smallest absolute Gasteiger partial charge is 0.253 e. The van der Waals surface area contributed by atoms with Crippen LogP contribution in [0.15, 0.2) is 18.2 Å². The monoisotopic (exact) mass is 237 g/mol. The maximum atomic E-state index is 12.1. The van der Waals surface area contributed by atoms with Crippen molar-refractivity contribution in [3.63, 3.8) is 0 Å². The molecule has 1 rings (SSSR count). The predicted octanol–water partition coefficient (Wildman–Crippen LogP) is 1.55. The molecule has 1 aromatic carbocycles. The molecule has 0 aliphatic rings. The summed E-state index contributed by atoms with van der Waals surface area (Å²) in [5.41, 5.74) is 1.23. The van der Waals surface area contributed by atoms with E-state index < -0.39 is 0 Å². The second kappa shape index (κ2) is 6.25. The summed E-state index contributed by atoms with van der Waals surface area (Å²) in [6.07, 6.45) is 0.567. The molecule has 0 bridgehead atoms. The number of benzene rings is 1. The van der Waals surface area contributed by atoms with E-state index in [1.54, 1.807) is 24.0 Å². The van der Waals surface area contributed by atoms with Gasteiger partial charge in [-0.25, -0.2) is 0 Å². The molecule has 4 nitrogen and oxygen atoms in total. The lowest BCUT2D eigenvalue weighted by molar-refractivity contribution is 0.0754. The summed E-state index contributed by atoms with van der Waals surface area (Å²) in [6, 6.07) is 4.92. The Balaban J connectivity index is 2.82. The number of rotatable bonds is 5. The Morgan fingerprint density at radius 3 is 2.65 bits per heavy atom. The number of hydrogen-bond donors (Lipinski definition) is 2. The SMILES string of the molecule is CCN(CCCO)C(=O)c1ccc(C)c(O)c1. The molecule has 0 aliphatic carbocycles. The molecule has 0 aromatic heterocycles. The summed E-state index contributed by atoms with van der Waals surface area (Å²) >= 11 is 0. The summed E-state index contributed by atoms with van der Waals surface area (Å²) in [4.78, 5) is 13.7. The van der Waals surface area contributed by atoms with E-state index in [0.717, 1.165) is 5.56 Å². The number of amides is 1. The predicted molar refractivity (Wildman–Crippen MR) is 66.1 cm³/mol. The third-order valence-corrected chi connectivity index (χ3v) is 2.71. The van der Waals surface area contributed by atoms with E-state index in [1.807, 2.05) is 6.92 Å². The Bertz CT molecular complexity index is 390. The van der Waals surface area contributed by atoms with Crippen molar-refractivity contribution in [1.82, 2.24) is 4.90 Å². The largest absolute Gasteiger partial charge is 0.508 e. The van der Waals surface area contributed by atoms with Crippen LogP contribution in [0.1, 0.15) is 29.3 Å². The number of aliphatic hydroxyl groups excluding tert-OH is 1. The highest BCUT2D eigenvalue weighted by atomic mass is 16.3. The van der Waals surface area contributed by atoms with Gasteiger partial charge in [0.05, 0.1) is 0 Å². The molecule has 17 heavy (non-hydrogen) atoms. The third kappa shape index (κ3) is 3.46. The average molecular weight is 237 g/mol. The summed E-state index contributed by atoms with van der Waals surface area (Å²) in [5, 5.41) is 18.3. The Labute approximate surface area is 101 Å². The van der Waals surface area contributed by atoms with E-state index in [9.17, 15) is 9.90 Å². The number of carbonyl (C=O) groups is 1. The van der Waals surface area contributed by atoms with Gasteiger partial charge in [-0.15, -0.1) is 0 Å². The number of phenolic OH excluding ortho intramolecular Hbond substituents is 1. The van der Waals surface area contributed by atoms with Gasteiger partial charge < -0.3 is 15.1 Å². The fraction of sp³-hybridized carbons (Fsp3) is 0.462. The minimum Gasteiger partial charge on any atom is -0.508 e. The molecule has 0 saturated carbocycles. The zero-order chi connectivity index (χ0) is 12.8. The zero-order valence-electron chi connectivity index (χ0n) is 10.3. The van der Waals surface area contributed by atoms with Crippen molar-refractivity contribution in [1.29, 1.82) is 0 Å². The van der Waals surface area contributed by atoms with Crippen molar-refractivity contribution in [2.75, 3.05) is 19.7 Å². The van der Waals surface area contributed by atoms with Crippen molar-refractivity contribution in [3.8, 4) is 5.75 Å². The van der Waals surface area contributed by atoms with Crippen molar-refractivity contribution >= 4 is 5.91 Å². The minimum atomic E-state index is -0.115. The zero-order valence-corrected chi connectivity index (χ0v) is 10.3. The molecule has 4 heteroatoms. The number of hydrogen-bond acceptors (Lipinski definition) is 3. The maximum Gasteiger partial charge on any atom is 0.253 e. The molecule has 0 fully saturated rings. The Kier molecular flexibility index (Phi) is 4.97. The van der Waals surface area contributed by atoms with Gasteiger partial charge in [0.15, 0.2) is 0 Å². The molecule has 1 aromatic rings. The normalized spacial score (nSPS) is 10.3. The van der Waals surface area contributed by atoms with Gasteiger partial charge in [-0.3, -0.25) is 4.79 Å². The highest BCUT2D eigenvalue weighted by Gasteiger charge is 2.14. The fourth-order valence-electron chi connectivity index (χ4n) is 1.59. The number of carbonyl (C=O) groups excluding carboxylic acids is 1. The van der Waals surface area contributed by atoms with Gasteiger partial charge >= 0.3 is 0 Å². The van der Waals surface area contributed by atoms with Crippen LogP contribution in [0.2, 0.25) is 0 Å². The van der Waals surface area contributed by atoms with Gasteiger partial charge in [0, 0.05) is 25.3 Å². The summed E-state index contributed by atoms with van der Waals surface area (Å²) in [5.74, 6) is 0.0188. The van der Waals surface area contributed by atoms with E-state index in [0.29, 0.717) is 25.1 Å². The first-order valence-corrected chi connectivity index (χ1v) is 5.80. The lowest BCUT2D eigenvalue weighted by atomic mass is 10.1. The Morgan fingerprint density at radius 1 is 1.41 bits per heavy atom. The van der Waals surface area contributed by atoms with Crippen molar-refractivity contribution < 1.29 is 15.0 Å². The molecular formula is C13H19NO3. The van der Waals surface area contributed by atoms with E-state index in [4.69, 9.17) is 5.11 Å². The van der Waals surface area contributed by atoms with Crippen LogP contribution in [0.3, 0.4) is 0 Å². The molecule has 0 unspecified atom stereocenters. The standard InChI is InChI=1S/C13H19NO3/c1-3-14(7-4-8-15)13(17)11-6-5-10(2)12(16)9-11/h5-6,9,15-16H,3-4,7-8H2,1-2H3. The van der Waals surface area contributed by atoms with E-state index in [1.165, 1.54) is 6.07 Å². The van der Waals surface area contributed by atoms with Crippen LogP contribution in [0.25, 0.3) is 0 Å². The van der Waals surface area contributed by atoms with Crippen LogP contribution in [0.5, 0.6) is 5.75 Å². The van der Waals surface area contributed by atoms with Crippen molar-refractivity contribution in [2.45, 2.75) is 20.3 Å². The lowest BCUT2D eigenvalue weighted by Crippen LogP contribution is -2.32. The van der Waals surface area contributed by atoms with Crippen LogP contribution >= 0.6 is 0 Å². The topological polar surface area (TPSA) is 60.8 Å². The molecule has 0 heterocycles. The number of nitrogens with zero attached hydrogens (tertiary/aromatic N) is 1. The molecule has 94 valence electrons. The van der Waals surface area contributed by atoms with Crippen molar-refractivity contribution in [3.05, 3.63) is 29.3 Å². The quantitative estimate of drug-likeness (QED) is 0.816. The van der Waals surface area contributed by atoms with Crippen LogP contribution in [0, 0.1) is 6.92 Å². The highest BCUT2D eigenvalue weighted by Crippen LogP contribution is 2.18. The minimum absolute atomic E-state index is 0.0723. The molecule has 0 saturated heterocycles. The molecule has 1 amide bonds. The summed E-state index contributed by atoms with van der Waals surface area (Å²) in [7, 11) is 0. The fourth-order valence-corrected chi connectivity index (χ4v) is 1.59. The molecule has 2 N–H and O–H groups in total. The van der Waals surface area contributed by atoms with Gasteiger partial charge in [-0.05, 0) is 38.0 Å². The number of aryl methyl sites for hydroxylation is 1. The Morgan fingerprint density at radius 2 is 2.12 bits per heavy atom. The Hall–Kier alpha value is -1.55. The second-order valence-electron chi connectivity index (χ2n) is 3.96. The first-order valence-electron chi connectivity index (χ1n) is 5.80. The van der Waals surface area contributed by atoms with Gasteiger partial charge in [-0.2, -0.15) is 0 Å². The highest BCUT2D eigenvalue weighted by molar-refractivity contribution is 5.94. The number of phenols is 1. The van der Waals surface area contributed by atoms with E-state index >= 15 is 0 Å². The van der Waals surface area contributed by atoms with E-state index in [2.05, 4.69) is 0 Å². The lowest BCUT2D eigenvalue weighted by Gasteiger charge is -2.20. The molecule has 0 atom stereocenters. The molecule has 0 aliphatic heterocycles. The van der Waals surface area contributed by atoms with Crippen LogP contribution in [-0.2, 0) is 0 Å². The van der Waals surface area contributed by atoms with Crippen LogP contribution in [0.4, 0.5) is 0 Å². The van der Waals surface area contributed by atoms with Gasteiger partial charge in [0.1, 0.15) is 5.75 Å². The molecule has 0 radical (unpaired) electrons. The second-order valence-corrected chi connectivity index (χ2v) is 3.96. The average Bonchev–Trinajstić information content (AvgIpc) is 2.33. The van der Waals surface area contributed by atoms with E-state index in [-0.39, 0.29) is 18.3 Å². The third-order valence-electron chi connectivity index (χ3n) is 2.71.